The number of rotatable bonds is 5. The fraction of sp³-hybridized carbons (Fsp3) is 0.400. The SMILES string of the molecule is COc1c2c(c(Br)c3c1C(CC(=O)NCc1cccnc1)N(C)CC3)OCO2.O=S(=O)(O)O. The van der Waals surface area contributed by atoms with E-state index in [1.807, 2.05) is 19.2 Å². The molecule has 1 unspecified atom stereocenters. The van der Waals surface area contributed by atoms with Gasteiger partial charge in [-0.3, -0.25) is 23.8 Å². The van der Waals surface area contributed by atoms with Crippen molar-refractivity contribution in [3.8, 4) is 17.2 Å². The number of fused-ring (bicyclic) bond motifs is 2. The second kappa shape index (κ2) is 10.7. The van der Waals surface area contributed by atoms with Crippen LogP contribution in [0, 0.1) is 0 Å². The highest BCUT2D eigenvalue weighted by molar-refractivity contribution is 9.10. The predicted molar refractivity (Wildman–Crippen MR) is 121 cm³/mol. The molecule has 11 nitrogen and oxygen atoms in total. The zero-order valence-corrected chi connectivity index (χ0v) is 20.3. The fourth-order valence-electron chi connectivity index (χ4n) is 3.80. The Morgan fingerprint density at radius 2 is 2.06 bits per heavy atom. The van der Waals surface area contributed by atoms with E-state index >= 15 is 0 Å². The molecular formula is C20H24BrN3O8S. The highest BCUT2D eigenvalue weighted by atomic mass is 79.9. The molecule has 1 aromatic heterocycles. The second-order valence-corrected chi connectivity index (χ2v) is 9.03. The first kappa shape index (κ1) is 25.2. The lowest BCUT2D eigenvalue weighted by Gasteiger charge is -2.36. The molecule has 0 radical (unpaired) electrons. The molecule has 2 aliphatic heterocycles. The molecule has 0 saturated carbocycles. The molecule has 0 aliphatic carbocycles. The second-order valence-electron chi connectivity index (χ2n) is 7.34. The number of benzene rings is 1. The smallest absolute Gasteiger partial charge is 0.394 e. The van der Waals surface area contributed by atoms with Crippen molar-refractivity contribution in [1.82, 2.24) is 15.2 Å². The van der Waals surface area contributed by atoms with Crippen LogP contribution in [0.15, 0.2) is 29.0 Å². The summed E-state index contributed by atoms with van der Waals surface area (Å²) in [6.07, 6.45) is 4.64. The van der Waals surface area contributed by atoms with Gasteiger partial charge < -0.3 is 19.5 Å². The van der Waals surface area contributed by atoms with Gasteiger partial charge in [0.1, 0.15) is 0 Å². The summed E-state index contributed by atoms with van der Waals surface area (Å²) < 4.78 is 49.5. The highest BCUT2D eigenvalue weighted by Gasteiger charge is 2.37. The standard InChI is InChI=1S/C20H22BrN3O4.H2O4S/c1-24-7-5-13-16(18(26-2)20-19(17(13)21)27-11-28-20)14(24)8-15(25)23-10-12-4-3-6-22-9-12;1-5(2,3)4/h3-4,6,9,14H,5,7-8,10-11H2,1-2H3,(H,23,25);(H2,1,2,3,4). The zero-order valence-electron chi connectivity index (χ0n) is 17.9. The summed E-state index contributed by atoms with van der Waals surface area (Å²) in [5.74, 6) is 1.91. The molecule has 3 heterocycles. The Morgan fingerprint density at radius 1 is 1.36 bits per heavy atom. The number of amides is 1. The molecule has 1 amide bonds. The van der Waals surface area contributed by atoms with Crippen LogP contribution in [-0.2, 0) is 28.2 Å². The van der Waals surface area contributed by atoms with E-state index < -0.39 is 10.4 Å². The quantitative estimate of drug-likeness (QED) is 0.477. The molecule has 2 aliphatic rings. The van der Waals surface area contributed by atoms with Crippen molar-refractivity contribution >= 4 is 32.2 Å². The van der Waals surface area contributed by atoms with E-state index in [-0.39, 0.29) is 18.7 Å². The van der Waals surface area contributed by atoms with E-state index in [0.29, 0.717) is 30.2 Å². The number of methoxy groups -OCH3 is 1. The third kappa shape index (κ3) is 6.32. The first-order chi connectivity index (χ1) is 15.6. The van der Waals surface area contributed by atoms with Crippen LogP contribution in [0.5, 0.6) is 17.2 Å². The number of halogens is 1. The summed E-state index contributed by atoms with van der Waals surface area (Å²) in [6.45, 7) is 1.46. The molecule has 0 fully saturated rings. The van der Waals surface area contributed by atoms with Gasteiger partial charge in [-0.05, 0) is 46.6 Å². The molecule has 0 saturated heterocycles. The van der Waals surface area contributed by atoms with Crippen molar-refractivity contribution in [2.75, 3.05) is 27.5 Å². The summed E-state index contributed by atoms with van der Waals surface area (Å²) >= 11 is 3.67. The number of aromatic nitrogens is 1. The maximum Gasteiger partial charge on any atom is 0.394 e. The van der Waals surface area contributed by atoms with Crippen molar-refractivity contribution in [3.63, 3.8) is 0 Å². The fourth-order valence-corrected chi connectivity index (χ4v) is 4.50. The van der Waals surface area contributed by atoms with Crippen molar-refractivity contribution < 1.29 is 36.5 Å². The highest BCUT2D eigenvalue weighted by Crippen LogP contribution is 2.54. The molecular weight excluding hydrogens is 522 g/mol. The Balaban J connectivity index is 0.000000555. The lowest BCUT2D eigenvalue weighted by molar-refractivity contribution is -0.122. The molecule has 180 valence electrons. The summed E-state index contributed by atoms with van der Waals surface area (Å²) in [6, 6.07) is 3.69. The normalized spacial score (nSPS) is 16.9. The van der Waals surface area contributed by atoms with Gasteiger partial charge in [0, 0.05) is 43.5 Å². The number of nitrogens with zero attached hydrogens (tertiary/aromatic N) is 2. The number of pyridine rings is 1. The topological polar surface area (TPSA) is 148 Å². The molecule has 33 heavy (non-hydrogen) atoms. The van der Waals surface area contributed by atoms with Crippen molar-refractivity contribution in [1.29, 1.82) is 0 Å². The maximum atomic E-state index is 12.7. The maximum absolute atomic E-state index is 12.7. The minimum Gasteiger partial charge on any atom is -0.492 e. The van der Waals surface area contributed by atoms with E-state index in [1.54, 1.807) is 19.5 Å². The number of ether oxygens (including phenoxy) is 3. The van der Waals surface area contributed by atoms with Crippen LogP contribution < -0.4 is 19.5 Å². The van der Waals surface area contributed by atoms with Crippen molar-refractivity contribution in [2.45, 2.75) is 25.4 Å². The zero-order chi connectivity index (χ0) is 24.2. The largest absolute Gasteiger partial charge is 0.492 e. The molecule has 0 spiro atoms. The Bertz CT molecular complexity index is 1110. The number of carbonyl (C=O) groups is 1. The first-order valence-electron chi connectivity index (χ1n) is 9.83. The van der Waals surface area contributed by atoms with E-state index in [4.69, 9.17) is 31.7 Å². The lowest BCUT2D eigenvalue weighted by Crippen LogP contribution is -2.36. The van der Waals surface area contributed by atoms with E-state index in [2.05, 4.69) is 31.1 Å². The van der Waals surface area contributed by atoms with Crippen LogP contribution in [0.3, 0.4) is 0 Å². The molecule has 2 aromatic rings. The van der Waals surface area contributed by atoms with E-state index in [0.717, 1.165) is 34.1 Å². The predicted octanol–water partition coefficient (Wildman–Crippen LogP) is 2.16. The minimum atomic E-state index is -4.67. The monoisotopic (exact) mass is 545 g/mol. The average Bonchev–Trinajstić information content (AvgIpc) is 3.24. The van der Waals surface area contributed by atoms with Gasteiger partial charge in [-0.25, -0.2) is 0 Å². The van der Waals surface area contributed by atoms with Crippen LogP contribution in [0.4, 0.5) is 0 Å². The van der Waals surface area contributed by atoms with Gasteiger partial charge in [-0.15, -0.1) is 0 Å². The third-order valence-electron chi connectivity index (χ3n) is 5.23. The van der Waals surface area contributed by atoms with Gasteiger partial charge in [0.15, 0.2) is 11.5 Å². The Morgan fingerprint density at radius 3 is 2.70 bits per heavy atom. The number of hydrogen-bond donors (Lipinski definition) is 3. The molecule has 4 rings (SSSR count). The van der Waals surface area contributed by atoms with Crippen molar-refractivity contribution in [2.24, 2.45) is 0 Å². The first-order valence-corrected chi connectivity index (χ1v) is 12.0. The minimum absolute atomic E-state index is 0.0237. The van der Waals surface area contributed by atoms with Crippen LogP contribution in [0.1, 0.15) is 29.2 Å². The Hall–Kier alpha value is -2.45. The number of hydrogen-bond acceptors (Lipinski definition) is 8. The van der Waals surface area contributed by atoms with Gasteiger partial charge in [0.2, 0.25) is 18.4 Å². The van der Waals surface area contributed by atoms with Crippen LogP contribution in [0.25, 0.3) is 0 Å². The molecule has 13 heteroatoms. The van der Waals surface area contributed by atoms with Gasteiger partial charge in [-0.2, -0.15) is 8.42 Å². The van der Waals surface area contributed by atoms with E-state index in [9.17, 15) is 4.79 Å². The Labute approximate surface area is 199 Å². The van der Waals surface area contributed by atoms with Crippen LogP contribution in [-0.4, -0.2) is 60.8 Å². The van der Waals surface area contributed by atoms with Gasteiger partial charge in [-0.1, -0.05) is 6.07 Å². The summed E-state index contributed by atoms with van der Waals surface area (Å²) in [5.41, 5.74) is 3.07. The van der Waals surface area contributed by atoms with Crippen LogP contribution >= 0.6 is 15.9 Å². The average molecular weight is 546 g/mol. The van der Waals surface area contributed by atoms with Gasteiger partial charge in [0.05, 0.1) is 11.6 Å². The molecule has 0 bridgehead atoms. The van der Waals surface area contributed by atoms with Gasteiger partial charge in [0.25, 0.3) is 0 Å². The van der Waals surface area contributed by atoms with E-state index in [1.165, 1.54) is 0 Å². The van der Waals surface area contributed by atoms with Crippen LogP contribution in [0.2, 0.25) is 0 Å². The number of likely N-dealkylation sites (N-methyl/N-ethyl adjacent to an activating group) is 1. The summed E-state index contributed by atoms with van der Waals surface area (Å²) in [4.78, 5) is 19.0. The van der Waals surface area contributed by atoms with Gasteiger partial charge >= 0.3 is 10.4 Å². The molecule has 1 aromatic carbocycles. The number of carbonyl (C=O) groups excluding carboxylic acids is 1. The Kier molecular flexibility index (Phi) is 8.13. The lowest BCUT2D eigenvalue weighted by atomic mass is 9.89. The van der Waals surface area contributed by atoms with Crippen molar-refractivity contribution in [3.05, 3.63) is 45.7 Å². The number of nitrogens with one attached hydrogen (secondary N) is 1. The third-order valence-corrected chi connectivity index (χ3v) is 6.07. The summed E-state index contributed by atoms with van der Waals surface area (Å²) in [5, 5.41) is 2.99. The molecule has 1 atom stereocenters. The summed E-state index contributed by atoms with van der Waals surface area (Å²) in [7, 11) is -1.01. The molecule has 3 N–H and O–H groups in total.